The van der Waals surface area contributed by atoms with Gasteiger partial charge in [0.1, 0.15) is 22.8 Å². The summed E-state index contributed by atoms with van der Waals surface area (Å²) in [6.07, 6.45) is 1.84. The standard InChI is InChI=1S/C26H30ClN3O7/c1-5-6-30(4)10-12-9-15(27)13-7-11-8-14-19(29(2)3)22(33)18(25(28)36)24(35)26(14,37)23(34)16(11)21(32)17(13)20(12)31/h5,9,11,14,19,31-32,35,37H,1,6-8,10H2,2-4H3,(H2,28,36)/t11-,14-,19+,26-/m0/s1. The number of Topliss-reactive ketones (excluding diaryl/α,β-unsaturated/α-hetero) is 2. The van der Waals surface area contributed by atoms with Crippen molar-refractivity contribution in [3.63, 3.8) is 0 Å². The molecule has 37 heavy (non-hydrogen) atoms. The van der Waals surface area contributed by atoms with Crippen LogP contribution in [0.1, 0.15) is 23.1 Å². The van der Waals surface area contributed by atoms with Crippen LogP contribution in [0.5, 0.6) is 5.75 Å². The maximum Gasteiger partial charge on any atom is 0.255 e. The number of phenolic OH excluding ortho intramolecular Hbond substituents is 1. The third kappa shape index (κ3) is 3.86. The summed E-state index contributed by atoms with van der Waals surface area (Å²) in [5.74, 6) is -6.88. The quantitative estimate of drug-likeness (QED) is 0.268. The van der Waals surface area contributed by atoms with Gasteiger partial charge in [0.05, 0.1) is 11.6 Å². The molecule has 198 valence electrons. The number of hydrogen-bond donors (Lipinski definition) is 5. The smallest absolute Gasteiger partial charge is 0.255 e. The molecule has 0 saturated heterocycles. The number of benzene rings is 1. The van der Waals surface area contributed by atoms with Crippen LogP contribution in [0, 0.1) is 11.8 Å². The number of rotatable bonds is 6. The number of phenols is 1. The molecule has 0 spiro atoms. The molecule has 0 aliphatic heterocycles. The first-order valence-corrected chi connectivity index (χ1v) is 12.1. The van der Waals surface area contributed by atoms with E-state index in [1.807, 2.05) is 4.90 Å². The molecule has 1 aromatic carbocycles. The number of ketones is 2. The Kier molecular flexibility index (Phi) is 6.74. The molecule has 1 aromatic rings. The maximum atomic E-state index is 13.9. The Hall–Kier alpha value is -3.18. The molecule has 0 aromatic heterocycles. The highest BCUT2D eigenvalue weighted by Crippen LogP contribution is 2.53. The number of carbonyl (C=O) groups is 3. The van der Waals surface area contributed by atoms with Crippen LogP contribution >= 0.6 is 11.6 Å². The highest BCUT2D eigenvalue weighted by molar-refractivity contribution is 6.32. The minimum atomic E-state index is -2.67. The van der Waals surface area contributed by atoms with Crippen molar-refractivity contribution in [2.45, 2.75) is 31.0 Å². The van der Waals surface area contributed by atoms with Crippen LogP contribution in [-0.4, -0.2) is 87.0 Å². The zero-order chi connectivity index (χ0) is 27.6. The van der Waals surface area contributed by atoms with E-state index in [1.54, 1.807) is 33.3 Å². The molecule has 6 N–H and O–H groups in total. The minimum absolute atomic E-state index is 0.00662. The number of nitrogens with zero attached hydrogens (tertiary/aromatic N) is 2. The lowest BCUT2D eigenvalue weighted by Crippen LogP contribution is -2.65. The first kappa shape index (κ1) is 26.9. The van der Waals surface area contributed by atoms with Crippen LogP contribution in [-0.2, 0) is 27.3 Å². The number of hydrogen-bond acceptors (Lipinski definition) is 9. The summed E-state index contributed by atoms with van der Waals surface area (Å²) < 4.78 is 0. The molecular weight excluding hydrogens is 502 g/mol. The minimum Gasteiger partial charge on any atom is -0.508 e. The third-order valence-corrected chi connectivity index (χ3v) is 7.96. The highest BCUT2D eigenvalue weighted by Gasteiger charge is 2.64. The van der Waals surface area contributed by atoms with Crippen molar-refractivity contribution >= 4 is 34.8 Å². The number of fused-ring (bicyclic) bond motifs is 3. The van der Waals surface area contributed by atoms with Gasteiger partial charge >= 0.3 is 0 Å². The summed E-state index contributed by atoms with van der Waals surface area (Å²) in [6, 6.07) is 0.471. The van der Waals surface area contributed by atoms with Gasteiger partial charge in [0, 0.05) is 35.2 Å². The van der Waals surface area contributed by atoms with E-state index in [0.717, 1.165) is 0 Å². The van der Waals surface area contributed by atoms with Gasteiger partial charge in [-0.2, -0.15) is 0 Å². The molecule has 1 saturated carbocycles. The fourth-order valence-corrected chi connectivity index (χ4v) is 6.32. The summed E-state index contributed by atoms with van der Waals surface area (Å²) in [5, 5.41) is 45.2. The van der Waals surface area contributed by atoms with E-state index >= 15 is 0 Å². The number of amides is 1. The van der Waals surface area contributed by atoms with Crippen molar-refractivity contribution in [3.8, 4) is 5.75 Å². The highest BCUT2D eigenvalue weighted by atomic mass is 35.5. The third-order valence-electron chi connectivity index (χ3n) is 7.63. The van der Waals surface area contributed by atoms with Crippen LogP contribution in [0.15, 0.2) is 35.6 Å². The summed E-state index contributed by atoms with van der Waals surface area (Å²) in [7, 11) is 4.90. The van der Waals surface area contributed by atoms with Crippen LogP contribution < -0.4 is 5.73 Å². The molecule has 4 rings (SSSR count). The Balaban J connectivity index is 1.92. The average Bonchev–Trinajstić information content (AvgIpc) is 2.79. The number of halogens is 1. The van der Waals surface area contributed by atoms with Crippen molar-refractivity contribution in [1.82, 2.24) is 9.80 Å². The molecule has 11 heteroatoms. The fraction of sp³-hybridized carbons (Fsp3) is 0.423. The molecule has 0 bridgehead atoms. The molecule has 0 unspecified atom stereocenters. The summed E-state index contributed by atoms with van der Waals surface area (Å²) >= 11 is 6.58. The van der Waals surface area contributed by atoms with E-state index in [9.17, 15) is 34.8 Å². The lowest BCUT2D eigenvalue weighted by molar-refractivity contribution is -0.153. The zero-order valence-electron chi connectivity index (χ0n) is 20.8. The van der Waals surface area contributed by atoms with Crippen LogP contribution in [0.3, 0.4) is 0 Å². The van der Waals surface area contributed by atoms with Crippen LogP contribution in [0.4, 0.5) is 0 Å². The zero-order valence-corrected chi connectivity index (χ0v) is 21.5. The van der Waals surface area contributed by atoms with E-state index in [0.29, 0.717) is 17.7 Å². The van der Waals surface area contributed by atoms with Crippen molar-refractivity contribution in [3.05, 3.63) is 57.3 Å². The van der Waals surface area contributed by atoms with Gasteiger partial charge < -0.3 is 26.2 Å². The van der Waals surface area contributed by atoms with E-state index in [4.69, 9.17) is 17.3 Å². The number of likely N-dealkylation sites (N-methyl/N-ethyl adjacent to an activating group) is 2. The number of aliphatic hydroxyl groups excluding tert-OH is 2. The van der Waals surface area contributed by atoms with Gasteiger partial charge in [-0.1, -0.05) is 17.7 Å². The lowest BCUT2D eigenvalue weighted by Gasteiger charge is -2.50. The Morgan fingerprint density at radius 1 is 1.27 bits per heavy atom. The topological polar surface area (TPSA) is 165 Å². The molecule has 4 atom stereocenters. The van der Waals surface area contributed by atoms with Gasteiger partial charge in [-0.25, -0.2) is 0 Å². The molecule has 1 amide bonds. The lowest BCUT2D eigenvalue weighted by atomic mass is 9.57. The van der Waals surface area contributed by atoms with Crippen molar-refractivity contribution < 1.29 is 34.8 Å². The predicted molar refractivity (Wildman–Crippen MR) is 136 cm³/mol. The number of nitrogens with two attached hydrogens (primary N) is 1. The van der Waals surface area contributed by atoms with Crippen LogP contribution in [0.2, 0.25) is 5.02 Å². The Labute approximate surface area is 218 Å². The van der Waals surface area contributed by atoms with Gasteiger partial charge in [0.2, 0.25) is 5.78 Å². The van der Waals surface area contributed by atoms with E-state index in [-0.39, 0.29) is 41.3 Å². The van der Waals surface area contributed by atoms with Gasteiger partial charge in [-0.3, -0.25) is 24.2 Å². The van der Waals surface area contributed by atoms with Crippen molar-refractivity contribution in [2.24, 2.45) is 17.6 Å². The summed E-state index contributed by atoms with van der Waals surface area (Å²) in [5.41, 5.74) is 2.42. The second-order valence-corrected chi connectivity index (χ2v) is 10.6. The molecule has 0 radical (unpaired) electrons. The second kappa shape index (κ2) is 9.29. The number of aliphatic hydroxyl groups is 3. The molecule has 0 heterocycles. The first-order valence-electron chi connectivity index (χ1n) is 11.7. The summed E-state index contributed by atoms with van der Waals surface area (Å²) in [4.78, 5) is 42.3. The first-order chi connectivity index (χ1) is 17.3. The Bertz CT molecular complexity index is 1300. The number of carbonyl (C=O) groups excluding carboxylic acids is 3. The molecule has 10 nitrogen and oxygen atoms in total. The Morgan fingerprint density at radius 2 is 1.92 bits per heavy atom. The molecular formula is C26H30ClN3O7. The SMILES string of the molecule is C=CCN(C)Cc1cc(Cl)c2c(c1O)C(O)=C1C(=O)[C@]3(O)C(O)=C(C(N)=O)C(=O)[C@H](N(C)C)[C@@H]3C[C@@H]1C2. The van der Waals surface area contributed by atoms with Crippen LogP contribution in [0.25, 0.3) is 5.76 Å². The largest absolute Gasteiger partial charge is 0.508 e. The van der Waals surface area contributed by atoms with E-state index in [2.05, 4.69) is 6.58 Å². The number of primary amides is 1. The van der Waals surface area contributed by atoms with Crippen molar-refractivity contribution in [1.29, 1.82) is 0 Å². The van der Waals surface area contributed by atoms with E-state index < -0.39 is 58.0 Å². The summed E-state index contributed by atoms with van der Waals surface area (Å²) in [6.45, 7) is 4.48. The van der Waals surface area contributed by atoms with E-state index in [1.165, 1.54) is 4.90 Å². The molecule has 3 aliphatic rings. The molecule has 3 aliphatic carbocycles. The Morgan fingerprint density at radius 3 is 2.49 bits per heavy atom. The van der Waals surface area contributed by atoms with Gasteiger partial charge in [0.15, 0.2) is 11.4 Å². The maximum absolute atomic E-state index is 13.9. The van der Waals surface area contributed by atoms with Gasteiger partial charge in [0.25, 0.3) is 5.91 Å². The normalized spacial score (nSPS) is 27.4. The average molecular weight is 532 g/mol. The second-order valence-electron chi connectivity index (χ2n) is 10.2. The fourth-order valence-electron chi connectivity index (χ4n) is 6.01. The van der Waals surface area contributed by atoms with Gasteiger partial charge in [-0.05, 0) is 51.5 Å². The van der Waals surface area contributed by atoms with Gasteiger partial charge in [-0.15, -0.1) is 6.58 Å². The predicted octanol–water partition coefficient (Wildman–Crippen LogP) is 1.24. The van der Waals surface area contributed by atoms with Crippen molar-refractivity contribution in [2.75, 3.05) is 27.7 Å². The monoisotopic (exact) mass is 531 g/mol. The molecule has 1 fully saturated rings. The number of aromatic hydroxyl groups is 1.